The molecular formula is C54H61ClO11S12. The van der Waals surface area contributed by atoms with E-state index >= 15 is 0 Å². The molecule has 0 saturated heterocycles. The van der Waals surface area contributed by atoms with E-state index < -0.39 is 5.24 Å². The Labute approximate surface area is 521 Å². The quantitative estimate of drug-likeness (QED) is 0.0539. The SMILES string of the molecule is C=C(C)C(=O)Cl.C=C(C)C(=S)S.C=C(C)C(=S)SC(=O)CCC(=O)SC(=S)C(=C)C.C=C(C)C1=C2C(=O)SC(C(=C)C)=C2C(=O)S1.C=C(C)C1=C2C(=O)SC(C(=C)C)=C2C(=O)S1.CC(=O)CCC(C)=O.O=C(S)CCC(=O)S. The summed E-state index contributed by atoms with van der Waals surface area (Å²) in [5.41, 5.74) is 7.80. The number of thiol groups is 3. The Morgan fingerprint density at radius 2 is 0.615 bits per heavy atom. The van der Waals surface area contributed by atoms with Crippen molar-refractivity contribution in [3.63, 3.8) is 0 Å². The lowest BCUT2D eigenvalue weighted by atomic mass is 10.0. The minimum atomic E-state index is -0.463. The van der Waals surface area contributed by atoms with Crippen LogP contribution in [0.25, 0.3) is 0 Å². The van der Waals surface area contributed by atoms with Gasteiger partial charge >= 0.3 is 0 Å². The normalized spacial score (nSPS) is 13.3. The number of thioether (sulfide) groups is 6. The van der Waals surface area contributed by atoms with Crippen molar-refractivity contribution < 1.29 is 52.7 Å². The van der Waals surface area contributed by atoms with Gasteiger partial charge in [0.15, 0.2) is 20.5 Å². The van der Waals surface area contributed by atoms with E-state index in [4.69, 9.17) is 36.0 Å². The second-order valence-corrected chi connectivity index (χ2v) is 26.3. The predicted octanol–water partition coefficient (Wildman–Crippen LogP) is 15.3. The monoisotopic (exact) mass is 1300 g/mol. The molecule has 0 fully saturated rings. The van der Waals surface area contributed by atoms with Crippen LogP contribution in [0.1, 0.15) is 108 Å². The summed E-state index contributed by atoms with van der Waals surface area (Å²) in [4.78, 5) is 124. The summed E-state index contributed by atoms with van der Waals surface area (Å²) in [5, 5.41) is -1.52. The molecule has 0 atom stereocenters. The van der Waals surface area contributed by atoms with E-state index in [1.165, 1.54) is 13.8 Å². The third kappa shape index (κ3) is 32.4. The molecule has 0 aromatic heterocycles. The Kier molecular flexibility index (Phi) is 40.8. The molecule has 0 N–H and O–H groups in total. The molecule has 11 nitrogen and oxygen atoms in total. The predicted molar refractivity (Wildman–Crippen MR) is 357 cm³/mol. The zero-order chi connectivity index (χ0) is 61.8. The maximum absolute atomic E-state index is 11.8. The average Bonchev–Trinajstić information content (AvgIpc) is 4.06. The molecule has 4 rings (SSSR count). The summed E-state index contributed by atoms with van der Waals surface area (Å²) in [6.07, 6.45) is 1.48. The molecule has 4 aliphatic heterocycles. The van der Waals surface area contributed by atoms with E-state index in [9.17, 15) is 52.7 Å². The lowest BCUT2D eigenvalue weighted by Crippen LogP contribution is -2.03. The van der Waals surface area contributed by atoms with Crippen LogP contribution in [-0.2, 0) is 52.7 Å². The van der Waals surface area contributed by atoms with Gasteiger partial charge in [-0.25, -0.2) is 0 Å². The largest absolute Gasteiger partial charge is 0.300 e. The summed E-state index contributed by atoms with van der Waals surface area (Å²) in [6.45, 7) is 46.4. The molecule has 24 heteroatoms. The molecule has 0 radical (unpaired) electrons. The highest BCUT2D eigenvalue weighted by Gasteiger charge is 2.42. The van der Waals surface area contributed by atoms with E-state index in [1.807, 2.05) is 34.6 Å². The molecule has 422 valence electrons. The summed E-state index contributed by atoms with van der Waals surface area (Å²) in [5.74, 6) is 0.167. The topological polar surface area (TPSA) is 188 Å². The van der Waals surface area contributed by atoms with Gasteiger partial charge in [0, 0.05) is 63.7 Å². The van der Waals surface area contributed by atoms with Crippen molar-refractivity contribution >= 4 is 227 Å². The van der Waals surface area contributed by atoms with E-state index in [1.54, 1.807) is 20.8 Å². The number of hydrogen-bond acceptors (Lipinski definition) is 20. The van der Waals surface area contributed by atoms with Gasteiger partial charge in [0.2, 0.25) is 25.7 Å². The van der Waals surface area contributed by atoms with E-state index in [2.05, 4.69) is 103 Å². The molecule has 0 amide bonds. The number of carbonyl (C=O) groups excluding carboxylic acids is 11. The third-order valence-electron chi connectivity index (χ3n) is 8.28. The zero-order valence-corrected chi connectivity index (χ0v) is 55.6. The molecular weight excluding hydrogens is 1240 g/mol. The van der Waals surface area contributed by atoms with Crippen LogP contribution in [0.3, 0.4) is 0 Å². The minimum absolute atomic E-state index is 0.0654. The molecule has 78 heavy (non-hydrogen) atoms. The molecule has 0 aromatic carbocycles. The Balaban J connectivity index is -0.000000878. The standard InChI is InChI=1S/C12H14O2S4.2C12H10O2S2.C6H10O2.C4H5ClO.C4H6O2S2.C4H6S2/c1-7(2)11(15)17-9(13)5-6-10(14)18-12(16)8(3)4;2*1-5(2)9-7-8(12(14)15-9)10(6(3)4)16-11(7)13;1-5(7)3-4-6(2)8;1-3(2)4(5)6;5-3(7)1-2-4(6)8;1-3(2)4(5)6/h1,3,5-6H2,2,4H3;2*1,3H2,2,4H3;3-4H2,1-2H3;1H2,2H3;1-2H2,(H,5,7)(H,6,8);1H2,2H3,(H,5,6). The highest BCUT2D eigenvalue weighted by atomic mass is 35.5. The second-order valence-electron chi connectivity index (χ2n) is 16.4. The van der Waals surface area contributed by atoms with Crippen LogP contribution in [0.15, 0.2) is 139 Å². The van der Waals surface area contributed by atoms with Crippen molar-refractivity contribution in [1.29, 1.82) is 0 Å². The van der Waals surface area contributed by atoms with Gasteiger partial charge in [-0.1, -0.05) is 89.3 Å². The Morgan fingerprint density at radius 3 is 0.744 bits per heavy atom. The molecule has 0 spiro atoms. The van der Waals surface area contributed by atoms with Crippen molar-refractivity contribution in [3.05, 3.63) is 139 Å². The summed E-state index contributed by atoms with van der Waals surface area (Å²) in [6, 6.07) is 0. The summed E-state index contributed by atoms with van der Waals surface area (Å²) in [7, 11) is 0. The highest BCUT2D eigenvalue weighted by Crippen LogP contribution is 2.53. The second kappa shape index (κ2) is 40.2. The number of Topliss-reactive ketones (excluding diaryl/α,β-unsaturated/α-hetero) is 2. The lowest BCUT2D eigenvalue weighted by Gasteiger charge is -2.02. The number of thiocarbonyl (C=S) groups is 3. The molecule has 0 saturated carbocycles. The van der Waals surface area contributed by atoms with Gasteiger partial charge in [-0.05, 0) is 190 Å². The molecule has 0 unspecified atom stereocenters. The summed E-state index contributed by atoms with van der Waals surface area (Å²) >= 11 is 36.4. The van der Waals surface area contributed by atoms with Crippen LogP contribution in [0.2, 0.25) is 0 Å². The fourth-order valence-electron chi connectivity index (χ4n) is 4.47. The number of rotatable bonds is 17. The fraction of sp³-hybridized carbons (Fsp3) is 0.296. The van der Waals surface area contributed by atoms with Gasteiger partial charge in [0.1, 0.15) is 11.6 Å². The van der Waals surface area contributed by atoms with Crippen molar-refractivity contribution in [2.45, 2.75) is 108 Å². The first-order valence-corrected chi connectivity index (χ1v) is 30.0. The number of carbonyl (C=O) groups is 11. The van der Waals surface area contributed by atoms with E-state index in [0.29, 0.717) is 84.1 Å². The number of allylic oxidation sites excluding steroid dienone is 5. The molecule has 4 heterocycles. The molecule has 0 aliphatic carbocycles. The lowest BCUT2D eigenvalue weighted by molar-refractivity contribution is -0.122. The Bertz CT molecular complexity index is 2480. The zero-order valence-electron chi connectivity index (χ0n) is 44.8. The third-order valence-corrected chi connectivity index (χ3v) is 17.5. The average molecular weight is 1310 g/mol. The fourth-order valence-corrected chi connectivity index (χ4v) is 10.5. The van der Waals surface area contributed by atoms with Crippen molar-refractivity contribution in [2.75, 3.05) is 0 Å². The molecule has 0 bridgehead atoms. The van der Waals surface area contributed by atoms with E-state index in [-0.39, 0.29) is 78.2 Å². The minimum Gasteiger partial charge on any atom is -0.300 e. The van der Waals surface area contributed by atoms with Gasteiger partial charge in [-0.3, -0.25) is 43.2 Å². The Morgan fingerprint density at radius 1 is 0.410 bits per heavy atom. The number of fused-ring (bicyclic) bond motifs is 2. The number of ketones is 2. The van der Waals surface area contributed by atoms with Crippen LogP contribution in [0.5, 0.6) is 0 Å². The van der Waals surface area contributed by atoms with Crippen LogP contribution in [-0.4, -0.2) is 70.3 Å². The van der Waals surface area contributed by atoms with Crippen LogP contribution < -0.4 is 0 Å². The Hall–Kier alpha value is -3.04. The highest BCUT2D eigenvalue weighted by molar-refractivity contribution is 8.34. The van der Waals surface area contributed by atoms with Crippen LogP contribution >= 0.6 is 157 Å². The first-order valence-electron chi connectivity index (χ1n) is 22.1. The van der Waals surface area contributed by atoms with Gasteiger partial charge in [-0.2, -0.15) is 0 Å². The van der Waals surface area contributed by atoms with Gasteiger partial charge in [0.05, 0.1) is 34.9 Å². The van der Waals surface area contributed by atoms with Crippen molar-refractivity contribution in [3.8, 4) is 0 Å². The van der Waals surface area contributed by atoms with Gasteiger partial charge in [-0.15, -0.1) is 37.9 Å². The first kappa shape index (κ1) is 79.2. The molecule has 0 aromatic rings. The molecule has 4 aliphatic rings. The first-order chi connectivity index (χ1) is 35.6. The summed E-state index contributed by atoms with van der Waals surface area (Å²) < 4.78 is 1.53. The van der Waals surface area contributed by atoms with Crippen LogP contribution in [0, 0.1) is 0 Å². The maximum Gasteiger partial charge on any atom is 0.247 e. The van der Waals surface area contributed by atoms with Crippen molar-refractivity contribution in [1.82, 2.24) is 0 Å². The van der Waals surface area contributed by atoms with Crippen LogP contribution in [0.4, 0.5) is 0 Å². The van der Waals surface area contributed by atoms with Gasteiger partial charge < -0.3 is 9.59 Å². The maximum atomic E-state index is 11.8. The van der Waals surface area contributed by atoms with E-state index in [0.717, 1.165) is 98.4 Å². The van der Waals surface area contributed by atoms with Crippen molar-refractivity contribution in [2.24, 2.45) is 0 Å². The number of halogens is 1. The number of hydrogen-bond donors (Lipinski definition) is 3. The smallest absolute Gasteiger partial charge is 0.247 e. The van der Waals surface area contributed by atoms with Gasteiger partial charge in [0.25, 0.3) is 0 Å².